The van der Waals surface area contributed by atoms with Gasteiger partial charge in [0, 0.05) is 24.7 Å². The number of likely N-dealkylation sites (tertiary alicyclic amines) is 1. The molecule has 0 saturated carbocycles. The van der Waals surface area contributed by atoms with Crippen molar-refractivity contribution in [3.63, 3.8) is 0 Å². The van der Waals surface area contributed by atoms with Crippen LogP contribution in [0.1, 0.15) is 39.2 Å². The fourth-order valence-corrected chi connectivity index (χ4v) is 3.16. The van der Waals surface area contributed by atoms with E-state index in [1.807, 2.05) is 26.0 Å². The molecule has 1 heterocycles. The molecular formula is C20H32N2O2. The van der Waals surface area contributed by atoms with E-state index in [9.17, 15) is 0 Å². The monoisotopic (exact) mass is 332 g/mol. The molecule has 0 aliphatic carbocycles. The molecule has 0 spiro atoms. The molecule has 1 fully saturated rings. The zero-order valence-electron chi connectivity index (χ0n) is 15.6. The number of nitrogens with zero attached hydrogens (tertiary/aromatic N) is 1. The maximum Gasteiger partial charge on any atom is 0.166 e. The molecule has 1 aliphatic heterocycles. The first kappa shape index (κ1) is 18.8. The van der Waals surface area contributed by atoms with Gasteiger partial charge in [-0.05, 0) is 52.8 Å². The Morgan fingerprint density at radius 3 is 2.62 bits per heavy atom. The molecular weight excluding hydrogens is 300 g/mol. The molecule has 4 heteroatoms. The Hall–Kier alpha value is -1.52. The van der Waals surface area contributed by atoms with Gasteiger partial charge in [0.1, 0.15) is 0 Å². The van der Waals surface area contributed by atoms with Crippen molar-refractivity contribution in [3.05, 3.63) is 35.9 Å². The minimum absolute atomic E-state index is 0.130. The lowest BCUT2D eigenvalue weighted by Gasteiger charge is -2.32. The number of methoxy groups -OCH3 is 1. The lowest BCUT2D eigenvalue weighted by atomic mass is 10.0. The second kappa shape index (κ2) is 9.09. The van der Waals surface area contributed by atoms with Gasteiger partial charge in [-0.25, -0.2) is 0 Å². The summed E-state index contributed by atoms with van der Waals surface area (Å²) in [6.07, 6.45) is 2.49. The standard InChI is InChI=1S/C20H32N2O2/c1-15(2)14-22-11-9-18(10-12-22)21-13-17-7-6-8-19(23-5)20(17)24-16(3)4/h6-8,16,18,21H,1,9-14H2,2-5H3. The second-order valence-electron chi connectivity index (χ2n) is 7.00. The van der Waals surface area contributed by atoms with Crippen LogP contribution in [0.15, 0.2) is 30.4 Å². The summed E-state index contributed by atoms with van der Waals surface area (Å²) in [4.78, 5) is 2.49. The SMILES string of the molecule is C=C(C)CN1CCC(NCc2cccc(OC)c2OC(C)C)CC1. The van der Waals surface area contributed by atoms with E-state index in [2.05, 4.69) is 29.8 Å². The van der Waals surface area contributed by atoms with E-state index in [0.717, 1.165) is 43.2 Å². The summed E-state index contributed by atoms with van der Waals surface area (Å²) < 4.78 is 11.4. The molecule has 0 bridgehead atoms. The number of hydrogen-bond acceptors (Lipinski definition) is 4. The van der Waals surface area contributed by atoms with E-state index in [-0.39, 0.29) is 6.10 Å². The molecule has 1 saturated heterocycles. The second-order valence-corrected chi connectivity index (χ2v) is 7.00. The highest BCUT2D eigenvalue weighted by Gasteiger charge is 2.19. The van der Waals surface area contributed by atoms with Crippen LogP contribution in [0.3, 0.4) is 0 Å². The molecule has 0 unspecified atom stereocenters. The first-order chi connectivity index (χ1) is 11.5. The molecule has 0 aromatic heterocycles. The van der Waals surface area contributed by atoms with Crippen molar-refractivity contribution in [1.82, 2.24) is 10.2 Å². The Labute approximate surface area is 146 Å². The van der Waals surface area contributed by atoms with E-state index < -0.39 is 0 Å². The van der Waals surface area contributed by atoms with Crippen LogP contribution in [0, 0.1) is 0 Å². The van der Waals surface area contributed by atoms with Gasteiger partial charge in [-0.15, -0.1) is 0 Å². The van der Waals surface area contributed by atoms with Crippen molar-refractivity contribution in [1.29, 1.82) is 0 Å². The summed E-state index contributed by atoms with van der Waals surface area (Å²) in [5, 5.41) is 3.69. The van der Waals surface area contributed by atoms with Crippen LogP contribution in [-0.2, 0) is 6.54 Å². The van der Waals surface area contributed by atoms with Gasteiger partial charge >= 0.3 is 0 Å². The predicted molar refractivity (Wildman–Crippen MR) is 99.9 cm³/mol. The zero-order valence-corrected chi connectivity index (χ0v) is 15.6. The number of rotatable bonds is 8. The first-order valence-corrected chi connectivity index (χ1v) is 8.92. The summed E-state index contributed by atoms with van der Waals surface area (Å²) in [5.41, 5.74) is 2.40. The molecule has 134 valence electrons. The third-order valence-electron chi connectivity index (χ3n) is 4.30. The quantitative estimate of drug-likeness (QED) is 0.737. The third kappa shape index (κ3) is 5.53. The van der Waals surface area contributed by atoms with E-state index in [4.69, 9.17) is 9.47 Å². The molecule has 0 radical (unpaired) electrons. The highest BCUT2D eigenvalue weighted by atomic mass is 16.5. The van der Waals surface area contributed by atoms with E-state index >= 15 is 0 Å². The molecule has 0 amide bonds. The fraction of sp³-hybridized carbons (Fsp3) is 0.600. The minimum Gasteiger partial charge on any atom is -0.493 e. The van der Waals surface area contributed by atoms with Gasteiger partial charge in [0.25, 0.3) is 0 Å². The van der Waals surface area contributed by atoms with Crippen LogP contribution >= 0.6 is 0 Å². The Morgan fingerprint density at radius 2 is 2.04 bits per heavy atom. The summed E-state index contributed by atoms with van der Waals surface area (Å²) in [6.45, 7) is 14.3. The number of para-hydroxylation sites is 1. The maximum absolute atomic E-state index is 5.99. The number of hydrogen-bond donors (Lipinski definition) is 1. The van der Waals surface area contributed by atoms with Crippen LogP contribution in [-0.4, -0.2) is 43.8 Å². The molecule has 4 nitrogen and oxygen atoms in total. The first-order valence-electron chi connectivity index (χ1n) is 8.92. The highest BCUT2D eigenvalue weighted by molar-refractivity contribution is 5.46. The zero-order chi connectivity index (χ0) is 17.5. The molecule has 24 heavy (non-hydrogen) atoms. The van der Waals surface area contributed by atoms with E-state index in [1.165, 1.54) is 18.4 Å². The van der Waals surface area contributed by atoms with Gasteiger partial charge in [0.05, 0.1) is 13.2 Å². The average molecular weight is 332 g/mol. The fourth-order valence-electron chi connectivity index (χ4n) is 3.16. The maximum atomic E-state index is 5.99. The van der Waals surface area contributed by atoms with Crippen LogP contribution in [0.25, 0.3) is 0 Å². The average Bonchev–Trinajstić information content (AvgIpc) is 2.54. The summed E-state index contributed by atoms with van der Waals surface area (Å²) in [7, 11) is 1.69. The Morgan fingerprint density at radius 1 is 1.33 bits per heavy atom. The van der Waals surface area contributed by atoms with Crippen molar-refractivity contribution in [2.24, 2.45) is 0 Å². The summed E-state index contributed by atoms with van der Waals surface area (Å²) in [5.74, 6) is 1.67. The lowest BCUT2D eigenvalue weighted by molar-refractivity contribution is 0.208. The number of benzene rings is 1. The van der Waals surface area contributed by atoms with Crippen LogP contribution in [0.4, 0.5) is 0 Å². The third-order valence-corrected chi connectivity index (χ3v) is 4.30. The molecule has 2 rings (SSSR count). The van der Waals surface area contributed by atoms with Crippen molar-refractivity contribution in [2.75, 3.05) is 26.7 Å². The Bertz CT molecular complexity index is 534. The Kier molecular flexibility index (Phi) is 7.13. The summed E-state index contributed by atoms with van der Waals surface area (Å²) >= 11 is 0. The topological polar surface area (TPSA) is 33.7 Å². The molecule has 1 aliphatic rings. The van der Waals surface area contributed by atoms with E-state index in [1.54, 1.807) is 7.11 Å². The molecule has 1 N–H and O–H groups in total. The van der Waals surface area contributed by atoms with Crippen LogP contribution < -0.4 is 14.8 Å². The van der Waals surface area contributed by atoms with Crippen molar-refractivity contribution in [2.45, 2.75) is 52.3 Å². The molecule has 1 aromatic carbocycles. The lowest BCUT2D eigenvalue weighted by Crippen LogP contribution is -2.42. The van der Waals surface area contributed by atoms with E-state index in [0.29, 0.717) is 6.04 Å². The molecule has 0 atom stereocenters. The van der Waals surface area contributed by atoms with Gasteiger partial charge in [0.15, 0.2) is 11.5 Å². The Balaban J connectivity index is 1.91. The number of nitrogens with one attached hydrogen (secondary N) is 1. The van der Waals surface area contributed by atoms with Crippen molar-refractivity contribution < 1.29 is 9.47 Å². The van der Waals surface area contributed by atoms with Gasteiger partial charge in [-0.3, -0.25) is 4.90 Å². The predicted octanol–water partition coefficient (Wildman–Crippen LogP) is 3.61. The minimum atomic E-state index is 0.130. The number of ether oxygens (including phenoxy) is 2. The van der Waals surface area contributed by atoms with Gasteiger partial charge in [-0.1, -0.05) is 24.3 Å². The smallest absolute Gasteiger partial charge is 0.166 e. The highest BCUT2D eigenvalue weighted by Crippen LogP contribution is 2.32. The van der Waals surface area contributed by atoms with Crippen LogP contribution in [0.2, 0.25) is 0 Å². The van der Waals surface area contributed by atoms with Gasteiger partial charge < -0.3 is 14.8 Å². The normalized spacial score (nSPS) is 16.4. The van der Waals surface area contributed by atoms with Crippen molar-refractivity contribution >= 4 is 0 Å². The number of piperidine rings is 1. The van der Waals surface area contributed by atoms with Crippen molar-refractivity contribution in [3.8, 4) is 11.5 Å². The van der Waals surface area contributed by atoms with Gasteiger partial charge in [0.2, 0.25) is 0 Å². The largest absolute Gasteiger partial charge is 0.493 e. The molecule has 1 aromatic rings. The summed E-state index contributed by atoms with van der Waals surface area (Å²) in [6, 6.07) is 6.66. The van der Waals surface area contributed by atoms with Crippen LogP contribution in [0.5, 0.6) is 11.5 Å². The van der Waals surface area contributed by atoms with Gasteiger partial charge in [-0.2, -0.15) is 0 Å².